The lowest BCUT2D eigenvalue weighted by atomic mass is 10.2. The van der Waals surface area contributed by atoms with E-state index in [4.69, 9.17) is 0 Å². The number of aryl methyl sites for hydroxylation is 1. The molecular formula is C11H17N3O4S2. The molecule has 1 saturated heterocycles. The maximum Gasteiger partial charge on any atom is 0.298 e. The van der Waals surface area contributed by atoms with Gasteiger partial charge < -0.3 is 0 Å². The highest BCUT2D eigenvalue weighted by molar-refractivity contribution is 7.93. The summed E-state index contributed by atoms with van der Waals surface area (Å²) in [4.78, 5) is 0. The Balaban J connectivity index is 2.32. The van der Waals surface area contributed by atoms with Crippen LogP contribution in [0.4, 0.5) is 11.4 Å². The summed E-state index contributed by atoms with van der Waals surface area (Å²) >= 11 is 0. The fourth-order valence-electron chi connectivity index (χ4n) is 2.12. The van der Waals surface area contributed by atoms with E-state index in [1.54, 1.807) is 25.1 Å². The minimum atomic E-state index is -3.58. The monoisotopic (exact) mass is 319 g/mol. The van der Waals surface area contributed by atoms with Crippen LogP contribution in [-0.2, 0) is 20.2 Å². The van der Waals surface area contributed by atoms with E-state index < -0.39 is 20.2 Å². The topological polar surface area (TPSA) is 95.6 Å². The van der Waals surface area contributed by atoms with Gasteiger partial charge in [-0.25, -0.2) is 13.1 Å². The Labute approximate surface area is 119 Å². The van der Waals surface area contributed by atoms with Crippen molar-refractivity contribution in [3.05, 3.63) is 23.8 Å². The summed E-state index contributed by atoms with van der Waals surface area (Å²) in [7, 11) is -5.50. The van der Waals surface area contributed by atoms with Gasteiger partial charge in [-0.2, -0.15) is 8.42 Å². The van der Waals surface area contributed by atoms with Gasteiger partial charge in [0, 0.05) is 13.6 Å². The van der Waals surface area contributed by atoms with Crippen molar-refractivity contribution in [3.8, 4) is 0 Å². The standard InChI is InChI=1S/C11H17N3O4S2/c1-9-8-10(13-20(17,18)12-2)4-5-11(9)14-6-3-7-19(14,15)16/h4-5,8,12-13H,3,6-7H2,1-2H3. The van der Waals surface area contributed by atoms with Gasteiger partial charge in [0.25, 0.3) is 10.2 Å². The van der Waals surface area contributed by atoms with Crippen LogP contribution < -0.4 is 13.7 Å². The number of anilines is 2. The zero-order chi connectivity index (χ0) is 15.0. The van der Waals surface area contributed by atoms with Crippen molar-refractivity contribution in [1.29, 1.82) is 0 Å². The second-order valence-electron chi connectivity index (χ2n) is 4.55. The van der Waals surface area contributed by atoms with Crippen molar-refractivity contribution in [2.45, 2.75) is 13.3 Å². The molecule has 1 aliphatic heterocycles. The zero-order valence-corrected chi connectivity index (χ0v) is 12.9. The third-order valence-corrected chi connectivity index (χ3v) is 5.98. The fraction of sp³-hybridized carbons (Fsp3) is 0.455. The van der Waals surface area contributed by atoms with E-state index in [1.165, 1.54) is 11.4 Å². The molecule has 0 unspecified atom stereocenters. The maximum atomic E-state index is 11.9. The molecule has 7 nitrogen and oxygen atoms in total. The van der Waals surface area contributed by atoms with Crippen LogP contribution in [0.1, 0.15) is 12.0 Å². The second-order valence-corrected chi connectivity index (χ2v) is 8.18. The molecule has 1 aliphatic rings. The van der Waals surface area contributed by atoms with E-state index in [0.717, 1.165) is 0 Å². The minimum absolute atomic E-state index is 0.153. The molecule has 1 aromatic carbocycles. The normalized spacial score (nSPS) is 18.2. The summed E-state index contributed by atoms with van der Waals surface area (Å²) in [5.74, 6) is 0.153. The average molecular weight is 319 g/mol. The molecule has 0 aromatic heterocycles. The van der Waals surface area contributed by atoms with Crippen LogP contribution in [0.2, 0.25) is 0 Å². The largest absolute Gasteiger partial charge is 0.298 e. The third-order valence-electron chi connectivity index (χ3n) is 3.09. The number of rotatable bonds is 4. The van der Waals surface area contributed by atoms with Gasteiger partial charge in [-0.05, 0) is 37.1 Å². The van der Waals surface area contributed by atoms with E-state index in [2.05, 4.69) is 9.44 Å². The number of nitrogens with one attached hydrogen (secondary N) is 2. The number of hydrogen-bond acceptors (Lipinski definition) is 4. The van der Waals surface area contributed by atoms with Gasteiger partial charge in [-0.15, -0.1) is 0 Å². The second kappa shape index (κ2) is 5.23. The molecule has 0 radical (unpaired) electrons. The first-order valence-electron chi connectivity index (χ1n) is 6.07. The van der Waals surface area contributed by atoms with Crippen LogP contribution in [0.5, 0.6) is 0 Å². The van der Waals surface area contributed by atoms with Crippen LogP contribution in [-0.4, -0.2) is 36.2 Å². The van der Waals surface area contributed by atoms with Crippen molar-refractivity contribution in [1.82, 2.24) is 4.72 Å². The zero-order valence-electron chi connectivity index (χ0n) is 11.3. The maximum absolute atomic E-state index is 11.9. The minimum Gasteiger partial charge on any atom is -0.271 e. The first-order valence-corrected chi connectivity index (χ1v) is 9.17. The smallest absolute Gasteiger partial charge is 0.271 e. The molecule has 9 heteroatoms. The van der Waals surface area contributed by atoms with Crippen molar-refractivity contribution < 1.29 is 16.8 Å². The molecule has 2 rings (SSSR count). The predicted molar refractivity (Wildman–Crippen MR) is 78.5 cm³/mol. The van der Waals surface area contributed by atoms with Crippen molar-refractivity contribution in [3.63, 3.8) is 0 Å². The van der Waals surface area contributed by atoms with E-state index in [-0.39, 0.29) is 5.75 Å². The number of benzene rings is 1. The average Bonchev–Trinajstić information content (AvgIpc) is 2.69. The molecule has 0 bridgehead atoms. The SMILES string of the molecule is CNS(=O)(=O)Nc1ccc(N2CCCS2(=O)=O)c(C)c1. The Bertz CT molecular complexity index is 713. The van der Waals surface area contributed by atoms with Crippen LogP contribution in [0.3, 0.4) is 0 Å². The fourth-order valence-corrected chi connectivity index (χ4v) is 4.28. The summed E-state index contributed by atoms with van der Waals surface area (Å²) < 4.78 is 52.4. The molecule has 0 saturated carbocycles. The van der Waals surface area contributed by atoms with E-state index in [1.807, 2.05) is 0 Å². The lowest BCUT2D eigenvalue weighted by molar-refractivity contribution is 0.593. The van der Waals surface area contributed by atoms with Crippen molar-refractivity contribution >= 4 is 31.6 Å². The highest BCUT2D eigenvalue weighted by Crippen LogP contribution is 2.29. The van der Waals surface area contributed by atoms with Crippen LogP contribution in [0.15, 0.2) is 18.2 Å². The van der Waals surface area contributed by atoms with Crippen molar-refractivity contribution in [2.24, 2.45) is 0 Å². The summed E-state index contributed by atoms with van der Waals surface area (Å²) in [5.41, 5.74) is 1.68. The van der Waals surface area contributed by atoms with Crippen LogP contribution in [0.25, 0.3) is 0 Å². The van der Waals surface area contributed by atoms with Crippen molar-refractivity contribution in [2.75, 3.05) is 28.4 Å². The van der Waals surface area contributed by atoms with Crippen LogP contribution >= 0.6 is 0 Å². The predicted octanol–water partition coefficient (Wildman–Crippen LogP) is 0.411. The summed E-state index contributed by atoms with van der Waals surface area (Å²) in [6.45, 7) is 2.21. The van der Waals surface area contributed by atoms with Crippen LogP contribution in [0, 0.1) is 6.92 Å². The summed E-state index contributed by atoms with van der Waals surface area (Å²) in [6.07, 6.45) is 0.607. The van der Waals surface area contributed by atoms with E-state index >= 15 is 0 Å². The molecular weight excluding hydrogens is 302 g/mol. The molecule has 0 atom stereocenters. The Morgan fingerprint density at radius 1 is 1.30 bits per heavy atom. The molecule has 0 spiro atoms. The molecule has 112 valence electrons. The van der Waals surface area contributed by atoms with Gasteiger partial charge in [0.15, 0.2) is 0 Å². The van der Waals surface area contributed by atoms with Gasteiger partial charge in [0.05, 0.1) is 17.1 Å². The van der Waals surface area contributed by atoms with Gasteiger partial charge in [0.1, 0.15) is 0 Å². The highest BCUT2D eigenvalue weighted by atomic mass is 32.2. The number of nitrogens with zero attached hydrogens (tertiary/aromatic N) is 1. The summed E-state index contributed by atoms with van der Waals surface area (Å²) in [6, 6.07) is 4.77. The third kappa shape index (κ3) is 3.05. The molecule has 1 aromatic rings. The van der Waals surface area contributed by atoms with Gasteiger partial charge >= 0.3 is 0 Å². The molecule has 1 heterocycles. The quantitative estimate of drug-likeness (QED) is 0.840. The lowest BCUT2D eigenvalue weighted by Crippen LogP contribution is -2.27. The molecule has 1 fully saturated rings. The first kappa shape index (κ1) is 15.1. The molecule has 0 amide bonds. The van der Waals surface area contributed by atoms with E-state index in [0.29, 0.717) is 29.9 Å². The molecule has 20 heavy (non-hydrogen) atoms. The summed E-state index contributed by atoms with van der Waals surface area (Å²) in [5, 5.41) is 0. The Kier molecular flexibility index (Phi) is 3.94. The van der Waals surface area contributed by atoms with Gasteiger partial charge in [-0.3, -0.25) is 9.03 Å². The van der Waals surface area contributed by atoms with E-state index in [9.17, 15) is 16.8 Å². The number of sulfonamides is 1. The Morgan fingerprint density at radius 3 is 2.50 bits per heavy atom. The molecule has 2 N–H and O–H groups in total. The first-order chi connectivity index (χ1) is 9.25. The Morgan fingerprint density at radius 2 is 2.00 bits per heavy atom. The molecule has 0 aliphatic carbocycles. The van der Waals surface area contributed by atoms with Gasteiger partial charge in [-0.1, -0.05) is 0 Å². The Hall–Kier alpha value is -1.32. The number of hydrogen-bond donors (Lipinski definition) is 2. The highest BCUT2D eigenvalue weighted by Gasteiger charge is 2.29. The van der Waals surface area contributed by atoms with Gasteiger partial charge in [0.2, 0.25) is 10.0 Å². The lowest BCUT2D eigenvalue weighted by Gasteiger charge is -2.20.